The van der Waals surface area contributed by atoms with Crippen molar-refractivity contribution in [2.45, 2.75) is 56.3 Å². The Balaban J connectivity index is 2.08. The van der Waals surface area contributed by atoms with Gasteiger partial charge in [0.05, 0.1) is 0 Å². The van der Waals surface area contributed by atoms with E-state index in [0.29, 0.717) is 10.8 Å². The van der Waals surface area contributed by atoms with Crippen molar-refractivity contribution in [2.75, 3.05) is 13.1 Å². The summed E-state index contributed by atoms with van der Waals surface area (Å²) in [4.78, 5) is 1.09. The van der Waals surface area contributed by atoms with Crippen LogP contribution in [0.4, 0.5) is 0 Å². The summed E-state index contributed by atoms with van der Waals surface area (Å²) >= 11 is 1.40. The van der Waals surface area contributed by atoms with E-state index in [9.17, 15) is 8.42 Å². The maximum atomic E-state index is 12.7. The monoisotopic (exact) mass is 316 g/mol. The first-order valence-corrected chi connectivity index (χ1v) is 9.66. The van der Waals surface area contributed by atoms with Crippen LogP contribution in [-0.2, 0) is 16.6 Å². The molecule has 1 aromatic rings. The Morgan fingerprint density at radius 1 is 1.30 bits per heavy atom. The summed E-state index contributed by atoms with van der Waals surface area (Å²) in [5.74, 6) is 0. The molecule has 20 heavy (non-hydrogen) atoms. The van der Waals surface area contributed by atoms with Crippen LogP contribution >= 0.6 is 11.3 Å². The number of hydrogen-bond acceptors (Lipinski definition) is 4. The molecule has 1 aliphatic rings. The van der Waals surface area contributed by atoms with Crippen LogP contribution < -0.4 is 5.32 Å². The summed E-state index contributed by atoms with van der Waals surface area (Å²) in [6.07, 6.45) is 3.97. The van der Waals surface area contributed by atoms with Gasteiger partial charge < -0.3 is 5.32 Å². The lowest BCUT2D eigenvalue weighted by Gasteiger charge is -2.20. The van der Waals surface area contributed by atoms with Crippen molar-refractivity contribution >= 4 is 21.4 Å². The largest absolute Gasteiger partial charge is 0.312 e. The summed E-state index contributed by atoms with van der Waals surface area (Å²) in [5.41, 5.74) is 0. The zero-order valence-electron chi connectivity index (χ0n) is 12.3. The van der Waals surface area contributed by atoms with Crippen molar-refractivity contribution in [3.8, 4) is 0 Å². The van der Waals surface area contributed by atoms with Crippen molar-refractivity contribution in [2.24, 2.45) is 0 Å². The van der Waals surface area contributed by atoms with Gasteiger partial charge in [-0.05, 0) is 44.4 Å². The van der Waals surface area contributed by atoms with Crippen LogP contribution in [0.1, 0.15) is 44.4 Å². The van der Waals surface area contributed by atoms with Gasteiger partial charge in [0.2, 0.25) is 0 Å². The molecule has 1 heterocycles. The molecule has 1 aromatic heterocycles. The lowest BCUT2D eigenvalue weighted by Crippen LogP contribution is -2.33. The average Bonchev–Trinajstić information content (AvgIpc) is 3.13. The molecule has 2 rings (SSSR count). The van der Waals surface area contributed by atoms with Crippen LogP contribution in [0, 0.1) is 0 Å². The fourth-order valence-corrected chi connectivity index (χ4v) is 5.41. The highest BCUT2D eigenvalue weighted by Crippen LogP contribution is 2.34. The predicted molar refractivity (Wildman–Crippen MR) is 83.5 cm³/mol. The molecule has 0 aromatic carbocycles. The first-order valence-electron chi connectivity index (χ1n) is 7.40. The Labute approximate surface area is 126 Å². The van der Waals surface area contributed by atoms with E-state index in [2.05, 4.69) is 12.2 Å². The van der Waals surface area contributed by atoms with Gasteiger partial charge in [-0.25, -0.2) is 8.42 Å². The SMILES string of the molecule is CCCNCc1ccc(S(=O)(=O)N(CCC)C2CC2)s1. The first-order chi connectivity index (χ1) is 9.59. The third-order valence-corrected chi connectivity index (χ3v) is 6.83. The normalized spacial score (nSPS) is 15.9. The molecule has 1 fully saturated rings. The Kier molecular flexibility index (Phi) is 5.60. The molecule has 1 N–H and O–H groups in total. The molecular weight excluding hydrogens is 292 g/mol. The minimum absolute atomic E-state index is 0.240. The Morgan fingerprint density at radius 3 is 2.65 bits per heavy atom. The average molecular weight is 316 g/mol. The van der Waals surface area contributed by atoms with Gasteiger partial charge in [0.25, 0.3) is 10.0 Å². The number of rotatable bonds is 9. The van der Waals surface area contributed by atoms with Gasteiger partial charge in [0, 0.05) is 24.0 Å². The van der Waals surface area contributed by atoms with Gasteiger partial charge in [-0.15, -0.1) is 11.3 Å². The van der Waals surface area contributed by atoms with Crippen molar-refractivity contribution in [1.29, 1.82) is 0 Å². The molecule has 114 valence electrons. The van der Waals surface area contributed by atoms with E-state index in [-0.39, 0.29) is 6.04 Å². The van der Waals surface area contributed by atoms with Gasteiger partial charge >= 0.3 is 0 Å². The lowest BCUT2D eigenvalue weighted by molar-refractivity contribution is 0.404. The second kappa shape index (κ2) is 7.02. The molecule has 0 radical (unpaired) electrons. The molecule has 1 aliphatic carbocycles. The molecule has 6 heteroatoms. The molecule has 0 aliphatic heterocycles. The quantitative estimate of drug-likeness (QED) is 0.713. The second-order valence-corrected chi connectivity index (χ2v) is 8.53. The summed E-state index contributed by atoms with van der Waals surface area (Å²) in [6.45, 7) is 6.50. The standard InChI is InChI=1S/C14H24N2O2S2/c1-3-9-15-11-13-7-8-14(19-13)20(17,18)16(10-4-2)12-5-6-12/h7-8,12,15H,3-6,9-11H2,1-2H3. The van der Waals surface area contributed by atoms with Gasteiger partial charge in [-0.3, -0.25) is 0 Å². The van der Waals surface area contributed by atoms with Crippen LogP contribution in [0.25, 0.3) is 0 Å². The zero-order chi connectivity index (χ0) is 14.6. The molecule has 0 amide bonds. The number of nitrogens with zero attached hydrogens (tertiary/aromatic N) is 1. The van der Waals surface area contributed by atoms with Crippen LogP contribution in [0.3, 0.4) is 0 Å². The lowest BCUT2D eigenvalue weighted by atomic mass is 10.4. The molecule has 0 spiro atoms. The molecular formula is C14H24N2O2S2. The van der Waals surface area contributed by atoms with Gasteiger partial charge in [-0.1, -0.05) is 13.8 Å². The van der Waals surface area contributed by atoms with Crippen LogP contribution in [0.15, 0.2) is 16.3 Å². The molecule has 0 saturated heterocycles. The molecule has 0 atom stereocenters. The molecule has 0 bridgehead atoms. The fourth-order valence-electron chi connectivity index (χ4n) is 2.18. The third-order valence-electron chi connectivity index (χ3n) is 3.32. The smallest absolute Gasteiger partial charge is 0.252 e. The van der Waals surface area contributed by atoms with Crippen molar-refractivity contribution < 1.29 is 8.42 Å². The summed E-state index contributed by atoms with van der Waals surface area (Å²) in [7, 11) is -3.29. The predicted octanol–water partition coefficient (Wildman–Crippen LogP) is 2.81. The van der Waals surface area contributed by atoms with E-state index in [1.807, 2.05) is 13.0 Å². The van der Waals surface area contributed by atoms with E-state index in [1.54, 1.807) is 10.4 Å². The number of hydrogen-bond donors (Lipinski definition) is 1. The third kappa shape index (κ3) is 3.81. The maximum absolute atomic E-state index is 12.7. The number of nitrogens with one attached hydrogen (secondary N) is 1. The summed E-state index contributed by atoms with van der Waals surface area (Å²) in [6, 6.07) is 3.93. The van der Waals surface area contributed by atoms with E-state index >= 15 is 0 Å². The fraction of sp³-hybridized carbons (Fsp3) is 0.714. The van der Waals surface area contributed by atoms with E-state index < -0.39 is 10.0 Å². The highest BCUT2D eigenvalue weighted by Gasteiger charge is 2.37. The number of thiophene rings is 1. The maximum Gasteiger partial charge on any atom is 0.252 e. The minimum Gasteiger partial charge on any atom is -0.312 e. The summed E-state index contributed by atoms with van der Waals surface area (Å²) in [5, 5.41) is 3.31. The van der Waals surface area contributed by atoms with Gasteiger partial charge in [-0.2, -0.15) is 4.31 Å². The topological polar surface area (TPSA) is 49.4 Å². The second-order valence-electron chi connectivity index (χ2n) is 5.24. The first kappa shape index (κ1) is 15.9. The molecule has 1 saturated carbocycles. The highest BCUT2D eigenvalue weighted by atomic mass is 32.2. The van der Waals surface area contributed by atoms with E-state index in [0.717, 1.165) is 43.6 Å². The van der Waals surface area contributed by atoms with Crippen molar-refractivity contribution in [1.82, 2.24) is 9.62 Å². The number of sulfonamides is 1. The minimum atomic E-state index is -3.29. The van der Waals surface area contributed by atoms with Crippen molar-refractivity contribution in [3.63, 3.8) is 0 Å². The Bertz CT molecular complexity index is 521. The summed E-state index contributed by atoms with van der Waals surface area (Å²) < 4.78 is 27.5. The van der Waals surface area contributed by atoms with Crippen LogP contribution in [0.5, 0.6) is 0 Å². The molecule has 4 nitrogen and oxygen atoms in total. The van der Waals surface area contributed by atoms with Crippen LogP contribution in [0.2, 0.25) is 0 Å². The van der Waals surface area contributed by atoms with Crippen molar-refractivity contribution in [3.05, 3.63) is 17.0 Å². The van der Waals surface area contributed by atoms with E-state index in [1.165, 1.54) is 11.3 Å². The Hall–Kier alpha value is -0.430. The van der Waals surface area contributed by atoms with E-state index in [4.69, 9.17) is 0 Å². The van der Waals surface area contributed by atoms with Crippen LogP contribution in [-0.4, -0.2) is 31.9 Å². The molecule has 0 unspecified atom stereocenters. The van der Waals surface area contributed by atoms with Gasteiger partial charge in [0.1, 0.15) is 4.21 Å². The Morgan fingerprint density at radius 2 is 2.05 bits per heavy atom. The van der Waals surface area contributed by atoms with Gasteiger partial charge in [0.15, 0.2) is 0 Å². The highest BCUT2D eigenvalue weighted by molar-refractivity contribution is 7.91. The zero-order valence-corrected chi connectivity index (χ0v) is 13.9.